The molecule has 1 heterocycles. The van der Waals surface area contributed by atoms with E-state index in [9.17, 15) is 9.59 Å². The number of esters is 1. The molecule has 1 aromatic heterocycles. The molecule has 1 amide bonds. The lowest BCUT2D eigenvalue weighted by Crippen LogP contribution is -2.12. The molecule has 0 unspecified atom stereocenters. The number of hydrogen-bond donors (Lipinski definition) is 1. The molecule has 2 aromatic carbocycles. The summed E-state index contributed by atoms with van der Waals surface area (Å²) in [4.78, 5) is 23.7. The van der Waals surface area contributed by atoms with Crippen molar-refractivity contribution in [1.29, 1.82) is 0 Å². The van der Waals surface area contributed by atoms with Crippen molar-refractivity contribution in [3.05, 3.63) is 65.5 Å². The third kappa shape index (κ3) is 3.52. The van der Waals surface area contributed by atoms with E-state index in [-0.39, 0.29) is 5.91 Å². The van der Waals surface area contributed by atoms with Crippen LogP contribution in [0.3, 0.4) is 0 Å². The first-order valence-corrected chi connectivity index (χ1v) is 7.42. The highest BCUT2D eigenvalue weighted by molar-refractivity contribution is 6.04. The van der Waals surface area contributed by atoms with Crippen LogP contribution in [0.1, 0.15) is 26.3 Å². The zero-order valence-corrected chi connectivity index (χ0v) is 13.6. The first-order valence-electron chi connectivity index (χ1n) is 7.42. The van der Waals surface area contributed by atoms with Crippen LogP contribution < -0.4 is 5.32 Å². The van der Waals surface area contributed by atoms with Crippen LogP contribution in [0.5, 0.6) is 0 Å². The lowest BCUT2D eigenvalue weighted by Gasteiger charge is -2.09. The van der Waals surface area contributed by atoms with Gasteiger partial charge in [-0.25, -0.2) is 9.48 Å². The number of anilines is 1. The second kappa shape index (κ2) is 6.91. The van der Waals surface area contributed by atoms with E-state index in [2.05, 4.69) is 25.6 Å². The van der Waals surface area contributed by atoms with E-state index < -0.39 is 5.97 Å². The zero-order valence-electron chi connectivity index (χ0n) is 13.6. The van der Waals surface area contributed by atoms with Crippen LogP contribution in [0, 0.1) is 6.92 Å². The molecule has 1 N–H and O–H groups in total. The third-order valence-electron chi connectivity index (χ3n) is 3.62. The average Bonchev–Trinajstić information content (AvgIpc) is 3.15. The van der Waals surface area contributed by atoms with Crippen molar-refractivity contribution in [2.24, 2.45) is 0 Å². The Bertz CT molecular complexity index is 905. The van der Waals surface area contributed by atoms with Gasteiger partial charge in [-0.05, 0) is 65.4 Å². The maximum absolute atomic E-state index is 12.3. The Labute approximate surface area is 143 Å². The predicted octanol–water partition coefficient (Wildman–Crippen LogP) is 2.01. The lowest BCUT2D eigenvalue weighted by molar-refractivity contribution is 0.0600. The third-order valence-corrected chi connectivity index (χ3v) is 3.62. The number of rotatable bonds is 4. The molecular formula is C17H15N5O3. The smallest absolute Gasteiger partial charge is 0.337 e. The van der Waals surface area contributed by atoms with E-state index in [0.717, 1.165) is 11.3 Å². The number of hydrogen-bond acceptors (Lipinski definition) is 6. The molecule has 0 aliphatic carbocycles. The molecule has 0 bridgehead atoms. The number of amides is 1. The second-order valence-corrected chi connectivity index (χ2v) is 5.28. The van der Waals surface area contributed by atoms with Crippen molar-refractivity contribution >= 4 is 17.6 Å². The minimum atomic E-state index is -0.444. The molecule has 126 valence electrons. The van der Waals surface area contributed by atoms with E-state index in [0.29, 0.717) is 16.8 Å². The Morgan fingerprint density at radius 1 is 1.08 bits per heavy atom. The molecular weight excluding hydrogens is 322 g/mol. The van der Waals surface area contributed by atoms with Gasteiger partial charge in [0.05, 0.1) is 18.4 Å². The normalized spacial score (nSPS) is 10.3. The van der Waals surface area contributed by atoms with Gasteiger partial charge in [0.2, 0.25) is 0 Å². The minimum absolute atomic E-state index is 0.272. The van der Waals surface area contributed by atoms with Crippen LogP contribution >= 0.6 is 0 Å². The van der Waals surface area contributed by atoms with Gasteiger partial charge in [0.1, 0.15) is 6.33 Å². The van der Waals surface area contributed by atoms with E-state index in [1.807, 2.05) is 19.1 Å². The Morgan fingerprint density at radius 2 is 1.80 bits per heavy atom. The van der Waals surface area contributed by atoms with Crippen LogP contribution in [0.25, 0.3) is 5.69 Å². The van der Waals surface area contributed by atoms with Crippen molar-refractivity contribution in [3.8, 4) is 5.69 Å². The highest BCUT2D eigenvalue weighted by Gasteiger charge is 2.10. The average molecular weight is 337 g/mol. The summed E-state index contributed by atoms with van der Waals surface area (Å²) in [7, 11) is 1.31. The van der Waals surface area contributed by atoms with Gasteiger partial charge in [0, 0.05) is 11.3 Å². The molecule has 0 aliphatic rings. The SMILES string of the molecule is COC(=O)c1ccc(C(=O)Nc2ccc(-n3cnnn3)c(C)c2)cc1. The number of ether oxygens (including phenoxy) is 1. The number of aromatic nitrogens is 4. The molecule has 25 heavy (non-hydrogen) atoms. The second-order valence-electron chi connectivity index (χ2n) is 5.28. The largest absolute Gasteiger partial charge is 0.465 e. The summed E-state index contributed by atoms with van der Waals surface area (Å²) in [6.07, 6.45) is 1.50. The molecule has 0 fully saturated rings. The highest BCUT2D eigenvalue weighted by Crippen LogP contribution is 2.18. The molecule has 0 spiro atoms. The summed E-state index contributed by atoms with van der Waals surface area (Å²) in [6.45, 7) is 1.90. The van der Waals surface area contributed by atoms with Crippen LogP contribution in [0.2, 0.25) is 0 Å². The zero-order chi connectivity index (χ0) is 17.8. The van der Waals surface area contributed by atoms with Gasteiger partial charge < -0.3 is 10.1 Å². The summed E-state index contributed by atoms with van der Waals surface area (Å²) >= 11 is 0. The number of nitrogens with one attached hydrogen (secondary N) is 1. The molecule has 0 radical (unpaired) electrons. The summed E-state index contributed by atoms with van der Waals surface area (Å²) < 4.78 is 6.18. The van der Waals surface area contributed by atoms with Crippen molar-refractivity contribution in [1.82, 2.24) is 20.2 Å². The van der Waals surface area contributed by atoms with Crippen molar-refractivity contribution in [3.63, 3.8) is 0 Å². The van der Waals surface area contributed by atoms with Crippen molar-refractivity contribution in [2.45, 2.75) is 6.92 Å². The van der Waals surface area contributed by atoms with Gasteiger partial charge in [-0.1, -0.05) is 0 Å². The van der Waals surface area contributed by atoms with Crippen molar-refractivity contribution < 1.29 is 14.3 Å². The number of aryl methyl sites for hydroxylation is 1. The van der Waals surface area contributed by atoms with E-state index in [4.69, 9.17) is 0 Å². The molecule has 3 aromatic rings. The van der Waals surface area contributed by atoms with Gasteiger partial charge >= 0.3 is 5.97 Å². The standard InChI is InChI=1S/C17H15N5O3/c1-11-9-14(7-8-15(11)22-10-18-20-21-22)19-16(23)12-3-5-13(6-4-12)17(24)25-2/h3-10H,1-2H3,(H,19,23). The number of carbonyl (C=O) groups is 2. The number of tetrazole rings is 1. The van der Waals surface area contributed by atoms with E-state index in [1.165, 1.54) is 13.4 Å². The fraction of sp³-hybridized carbons (Fsp3) is 0.118. The van der Waals surface area contributed by atoms with Gasteiger partial charge in [-0.2, -0.15) is 0 Å². The number of benzene rings is 2. The molecule has 0 saturated carbocycles. The van der Waals surface area contributed by atoms with E-state index >= 15 is 0 Å². The van der Waals surface area contributed by atoms with Gasteiger partial charge in [-0.15, -0.1) is 5.10 Å². The summed E-state index contributed by atoms with van der Waals surface area (Å²) in [5.41, 5.74) is 3.21. The van der Waals surface area contributed by atoms with Crippen molar-refractivity contribution in [2.75, 3.05) is 12.4 Å². The molecule has 3 rings (SSSR count). The van der Waals surface area contributed by atoms with Gasteiger partial charge in [0.25, 0.3) is 5.91 Å². The molecule has 8 nitrogen and oxygen atoms in total. The lowest BCUT2D eigenvalue weighted by atomic mass is 10.1. The molecule has 0 saturated heterocycles. The first-order chi connectivity index (χ1) is 12.1. The number of methoxy groups -OCH3 is 1. The summed E-state index contributed by atoms with van der Waals surface area (Å²) in [6, 6.07) is 11.7. The quantitative estimate of drug-likeness (QED) is 0.731. The van der Waals surface area contributed by atoms with Gasteiger partial charge in [-0.3, -0.25) is 4.79 Å². The highest BCUT2D eigenvalue weighted by atomic mass is 16.5. The Morgan fingerprint density at radius 3 is 2.40 bits per heavy atom. The van der Waals surface area contributed by atoms with Gasteiger partial charge in [0.15, 0.2) is 0 Å². The molecule has 8 heteroatoms. The summed E-state index contributed by atoms with van der Waals surface area (Å²) in [5.74, 6) is -0.716. The minimum Gasteiger partial charge on any atom is -0.465 e. The van der Waals surface area contributed by atoms with Crippen LogP contribution in [0.15, 0.2) is 48.8 Å². The van der Waals surface area contributed by atoms with Crippen LogP contribution in [-0.2, 0) is 4.74 Å². The Kier molecular flexibility index (Phi) is 4.51. The maximum Gasteiger partial charge on any atom is 0.337 e. The Hall–Kier alpha value is -3.55. The fourth-order valence-corrected chi connectivity index (χ4v) is 2.34. The Balaban J connectivity index is 1.75. The molecule has 0 atom stereocenters. The number of carbonyl (C=O) groups excluding carboxylic acids is 2. The predicted molar refractivity (Wildman–Crippen MR) is 89.6 cm³/mol. The maximum atomic E-state index is 12.3. The van der Waals surface area contributed by atoms with Crippen LogP contribution in [0.4, 0.5) is 5.69 Å². The summed E-state index contributed by atoms with van der Waals surface area (Å²) in [5, 5.41) is 13.9. The topological polar surface area (TPSA) is 99.0 Å². The number of nitrogens with zero attached hydrogens (tertiary/aromatic N) is 4. The monoisotopic (exact) mass is 337 g/mol. The van der Waals surface area contributed by atoms with E-state index in [1.54, 1.807) is 35.0 Å². The van der Waals surface area contributed by atoms with Crippen LogP contribution in [-0.4, -0.2) is 39.2 Å². The first kappa shape index (κ1) is 16.3. The fourth-order valence-electron chi connectivity index (χ4n) is 2.34. The molecule has 0 aliphatic heterocycles.